The van der Waals surface area contributed by atoms with Crippen molar-refractivity contribution in [3.8, 4) is 0 Å². The van der Waals surface area contributed by atoms with E-state index < -0.39 is 23.9 Å². The van der Waals surface area contributed by atoms with E-state index in [-0.39, 0.29) is 32.4 Å². The van der Waals surface area contributed by atoms with E-state index in [1.807, 2.05) is 0 Å². The van der Waals surface area contributed by atoms with Crippen LogP contribution < -0.4 is 4.31 Å². The van der Waals surface area contributed by atoms with Crippen molar-refractivity contribution in [1.82, 2.24) is 4.57 Å². The number of nitrogens with zero attached hydrogens (tertiary/aromatic N) is 2. The van der Waals surface area contributed by atoms with Crippen LogP contribution in [0.5, 0.6) is 0 Å². The molecule has 0 saturated carbocycles. The summed E-state index contributed by atoms with van der Waals surface area (Å²) in [6.45, 7) is 0. The summed E-state index contributed by atoms with van der Waals surface area (Å²) in [5.41, 5.74) is 0.446. The normalized spacial score (nSPS) is 12.3. The Balaban J connectivity index is 2.17. The molecule has 0 aliphatic carbocycles. The standard InChI is InChI=1S/C17H14Cl3N2O6PS/c18-9-17(23)21-4-3-11-5-14(1-2-16(11)21)22(10-29(24,25)26)30(27,28)15-7-12(19)6-13(20)8-15/h1-8H,9-10H2,(H2,24,25,26). The fourth-order valence-electron chi connectivity index (χ4n) is 2.84. The molecule has 2 aromatic carbocycles. The number of benzene rings is 2. The zero-order chi connectivity index (χ0) is 22.3. The van der Waals surface area contributed by atoms with Crippen molar-refractivity contribution >= 4 is 74.9 Å². The Hall–Kier alpha value is -1.58. The van der Waals surface area contributed by atoms with Crippen molar-refractivity contribution in [1.29, 1.82) is 0 Å². The minimum absolute atomic E-state index is 0.0157. The molecule has 0 saturated heterocycles. The zero-order valence-electron chi connectivity index (χ0n) is 14.9. The van der Waals surface area contributed by atoms with E-state index in [9.17, 15) is 27.6 Å². The minimum atomic E-state index is -4.80. The van der Waals surface area contributed by atoms with Crippen LogP contribution in [-0.2, 0) is 14.6 Å². The second-order valence-electron chi connectivity index (χ2n) is 6.22. The van der Waals surface area contributed by atoms with E-state index in [4.69, 9.17) is 34.8 Å². The van der Waals surface area contributed by atoms with Gasteiger partial charge in [-0.3, -0.25) is 18.2 Å². The highest BCUT2D eigenvalue weighted by Crippen LogP contribution is 2.40. The maximum atomic E-state index is 13.2. The Kier molecular flexibility index (Phi) is 6.55. The van der Waals surface area contributed by atoms with Gasteiger partial charge >= 0.3 is 7.60 Å². The van der Waals surface area contributed by atoms with Crippen LogP contribution in [0.25, 0.3) is 10.9 Å². The number of fused-ring (bicyclic) bond motifs is 1. The number of alkyl halides is 1. The number of aromatic nitrogens is 1. The van der Waals surface area contributed by atoms with Crippen molar-refractivity contribution in [3.05, 3.63) is 58.7 Å². The number of rotatable bonds is 6. The highest BCUT2D eigenvalue weighted by Gasteiger charge is 2.32. The summed E-state index contributed by atoms with van der Waals surface area (Å²) in [6, 6.07) is 9.34. The Morgan fingerprint density at radius 3 is 2.27 bits per heavy atom. The zero-order valence-corrected chi connectivity index (χ0v) is 18.9. The topological polar surface area (TPSA) is 117 Å². The SMILES string of the molecule is O=C(CCl)n1ccc2cc(N(CP(=O)(O)O)S(=O)(=O)c3cc(Cl)cc(Cl)c3)ccc21. The summed E-state index contributed by atoms with van der Waals surface area (Å²) < 4.78 is 40.0. The van der Waals surface area contributed by atoms with Gasteiger partial charge in [0.05, 0.1) is 16.1 Å². The molecule has 0 aliphatic heterocycles. The van der Waals surface area contributed by atoms with Gasteiger partial charge in [0, 0.05) is 21.6 Å². The Morgan fingerprint density at radius 1 is 1.07 bits per heavy atom. The molecular formula is C17H14Cl3N2O6PS. The molecule has 0 aliphatic rings. The molecule has 2 N–H and O–H groups in total. The molecular weight excluding hydrogens is 498 g/mol. The molecule has 0 bridgehead atoms. The third-order valence-corrected chi connectivity index (χ3v) is 7.34. The molecule has 3 rings (SSSR count). The van der Waals surface area contributed by atoms with Crippen LogP contribution in [0.2, 0.25) is 10.0 Å². The molecule has 0 spiro atoms. The van der Waals surface area contributed by atoms with Crippen LogP contribution in [0.15, 0.2) is 53.6 Å². The highest BCUT2D eigenvalue weighted by molar-refractivity contribution is 7.93. The lowest BCUT2D eigenvalue weighted by Gasteiger charge is -2.25. The van der Waals surface area contributed by atoms with Gasteiger partial charge in [0.25, 0.3) is 10.0 Å². The third-order valence-electron chi connectivity index (χ3n) is 4.08. The van der Waals surface area contributed by atoms with Crippen molar-refractivity contribution in [3.63, 3.8) is 0 Å². The number of carbonyl (C=O) groups excluding carboxylic acids is 1. The molecule has 3 aromatic rings. The number of hydrogen-bond donors (Lipinski definition) is 2. The second kappa shape index (κ2) is 8.51. The lowest BCUT2D eigenvalue weighted by Crippen LogP contribution is -2.32. The van der Waals surface area contributed by atoms with Crippen molar-refractivity contribution in [2.45, 2.75) is 4.90 Å². The molecule has 0 atom stereocenters. The fraction of sp³-hybridized carbons (Fsp3) is 0.118. The van der Waals surface area contributed by atoms with E-state index in [1.165, 1.54) is 35.0 Å². The first-order chi connectivity index (χ1) is 13.9. The summed E-state index contributed by atoms with van der Waals surface area (Å²) in [6.07, 6.45) is 0.365. The first-order valence-corrected chi connectivity index (χ1v) is 12.7. The number of halogens is 3. The van der Waals surface area contributed by atoms with Crippen molar-refractivity contribution in [2.24, 2.45) is 0 Å². The summed E-state index contributed by atoms with van der Waals surface area (Å²) in [5, 5.41) is 0.564. The average molecular weight is 512 g/mol. The van der Waals surface area contributed by atoms with E-state index in [0.29, 0.717) is 15.2 Å². The van der Waals surface area contributed by atoms with Gasteiger partial charge in [0.15, 0.2) is 0 Å². The van der Waals surface area contributed by atoms with Gasteiger partial charge in [-0.25, -0.2) is 8.42 Å². The van der Waals surface area contributed by atoms with Crippen molar-refractivity contribution < 1.29 is 27.6 Å². The lowest BCUT2D eigenvalue weighted by atomic mass is 10.2. The quantitative estimate of drug-likeness (QED) is 0.379. The summed E-state index contributed by atoms with van der Waals surface area (Å²) in [7, 11) is -9.24. The van der Waals surface area contributed by atoms with Crippen LogP contribution in [0, 0.1) is 0 Å². The number of anilines is 1. The first-order valence-electron chi connectivity index (χ1n) is 8.16. The predicted molar refractivity (Wildman–Crippen MR) is 116 cm³/mol. The van der Waals surface area contributed by atoms with Gasteiger partial charge in [-0.15, -0.1) is 11.6 Å². The van der Waals surface area contributed by atoms with Gasteiger partial charge in [-0.2, -0.15) is 0 Å². The Labute approximate surface area is 186 Å². The molecule has 0 unspecified atom stereocenters. The van der Waals surface area contributed by atoms with Gasteiger partial charge in [-0.05, 0) is 42.5 Å². The van der Waals surface area contributed by atoms with Crippen molar-refractivity contribution in [2.75, 3.05) is 16.5 Å². The van der Waals surface area contributed by atoms with Crippen LogP contribution in [0.1, 0.15) is 4.79 Å². The van der Waals surface area contributed by atoms with E-state index >= 15 is 0 Å². The molecule has 0 amide bonds. The lowest BCUT2D eigenvalue weighted by molar-refractivity contribution is 0.0945. The fourth-order valence-corrected chi connectivity index (χ4v) is 6.37. The minimum Gasteiger partial charge on any atom is -0.323 e. The molecule has 0 fully saturated rings. The van der Waals surface area contributed by atoms with E-state index in [1.54, 1.807) is 6.07 Å². The first kappa shape index (κ1) is 23.1. The molecule has 30 heavy (non-hydrogen) atoms. The number of sulfonamides is 1. The largest absolute Gasteiger partial charge is 0.345 e. The summed E-state index contributed by atoms with van der Waals surface area (Å²) in [5.74, 6) is -0.632. The smallest absolute Gasteiger partial charge is 0.323 e. The van der Waals surface area contributed by atoms with E-state index in [0.717, 1.165) is 12.1 Å². The Bertz CT molecular complexity index is 1270. The van der Waals surface area contributed by atoms with Crippen LogP contribution in [0.4, 0.5) is 5.69 Å². The molecule has 0 radical (unpaired) electrons. The molecule has 13 heteroatoms. The Morgan fingerprint density at radius 2 is 1.70 bits per heavy atom. The monoisotopic (exact) mass is 510 g/mol. The molecule has 1 heterocycles. The molecule has 1 aromatic heterocycles. The van der Waals surface area contributed by atoms with Crippen LogP contribution >= 0.6 is 42.4 Å². The maximum Gasteiger partial charge on any atom is 0.345 e. The van der Waals surface area contributed by atoms with Gasteiger partial charge < -0.3 is 9.79 Å². The summed E-state index contributed by atoms with van der Waals surface area (Å²) in [4.78, 5) is 30.5. The number of carbonyl (C=O) groups is 1. The highest BCUT2D eigenvalue weighted by atomic mass is 35.5. The third kappa shape index (κ3) is 4.84. The van der Waals surface area contributed by atoms with Gasteiger partial charge in [0.2, 0.25) is 5.91 Å². The maximum absolute atomic E-state index is 13.2. The second-order valence-corrected chi connectivity index (χ2v) is 10.8. The van der Waals surface area contributed by atoms with Gasteiger partial charge in [-0.1, -0.05) is 23.2 Å². The van der Waals surface area contributed by atoms with Crippen LogP contribution in [0.3, 0.4) is 0 Å². The molecule has 8 nitrogen and oxygen atoms in total. The number of hydrogen-bond acceptors (Lipinski definition) is 4. The predicted octanol–water partition coefficient (Wildman–Crippen LogP) is 4.16. The average Bonchev–Trinajstić information content (AvgIpc) is 3.07. The van der Waals surface area contributed by atoms with Crippen LogP contribution in [-0.4, -0.2) is 40.8 Å². The molecule has 160 valence electrons. The van der Waals surface area contributed by atoms with Gasteiger partial charge in [0.1, 0.15) is 12.2 Å². The van der Waals surface area contributed by atoms with E-state index in [2.05, 4.69) is 0 Å². The summed E-state index contributed by atoms with van der Waals surface area (Å²) >= 11 is 17.4.